The standard InChI is InChI=1S/C21H25Cl2N3O4S/c1-14-7-9-26(10-8-14)21(27)19(13-30-15-5-3-2-4-6-15)25-31(28,29)16-11-17(22)20(24)18(23)12-16/h2-6,11-12,14,19,25H,7-10,13,24H2,1H3. The number of carbonyl (C=O) groups excluding carboxylic acids is 1. The molecule has 1 heterocycles. The van der Waals surface area contributed by atoms with Crippen molar-refractivity contribution in [2.45, 2.75) is 30.7 Å². The summed E-state index contributed by atoms with van der Waals surface area (Å²) in [6, 6.07) is 10.2. The molecule has 31 heavy (non-hydrogen) atoms. The molecule has 10 heteroatoms. The van der Waals surface area contributed by atoms with Crippen molar-refractivity contribution in [3.8, 4) is 5.75 Å². The Bertz CT molecular complexity index is 1000. The van der Waals surface area contributed by atoms with Crippen molar-refractivity contribution < 1.29 is 17.9 Å². The zero-order chi connectivity index (χ0) is 22.6. The lowest BCUT2D eigenvalue weighted by Crippen LogP contribution is -2.53. The van der Waals surface area contributed by atoms with Gasteiger partial charge in [-0.2, -0.15) is 4.72 Å². The maximum Gasteiger partial charge on any atom is 0.244 e. The topological polar surface area (TPSA) is 102 Å². The van der Waals surface area contributed by atoms with Crippen LogP contribution in [0.2, 0.25) is 10.0 Å². The molecule has 0 aromatic heterocycles. The summed E-state index contributed by atoms with van der Waals surface area (Å²) in [5, 5.41) is 0.0302. The molecule has 3 rings (SSSR count). The largest absolute Gasteiger partial charge is 0.491 e. The molecule has 0 radical (unpaired) electrons. The van der Waals surface area contributed by atoms with E-state index in [0.29, 0.717) is 24.8 Å². The van der Waals surface area contributed by atoms with Crippen LogP contribution in [0.5, 0.6) is 5.75 Å². The SMILES string of the molecule is CC1CCN(C(=O)C(COc2ccccc2)NS(=O)(=O)c2cc(Cl)c(N)c(Cl)c2)CC1. The molecule has 1 fully saturated rings. The first-order valence-corrected chi connectivity index (χ1v) is 12.1. The second kappa shape index (κ2) is 10.1. The van der Waals surface area contributed by atoms with Crippen molar-refractivity contribution in [1.82, 2.24) is 9.62 Å². The number of carbonyl (C=O) groups is 1. The third kappa shape index (κ3) is 6.04. The average Bonchev–Trinajstić information content (AvgIpc) is 2.75. The minimum absolute atomic E-state index is 0.0151. The summed E-state index contributed by atoms with van der Waals surface area (Å²) in [5.41, 5.74) is 5.79. The summed E-state index contributed by atoms with van der Waals surface area (Å²) in [4.78, 5) is 14.7. The van der Waals surface area contributed by atoms with E-state index in [0.717, 1.165) is 12.8 Å². The number of nitrogens with one attached hydrogen (secondary N) is 1. The fourth-order valence-electron chi connectivity index (χ4n) is 3.27. The molecule has 7 nitrogen and oxygen atoms in total. The smallest absolute Gasteiger partial charge is 0.244 e. The molecular weight excluding hydrogens is 461 g/mol. The van der Waals surface area contributed by atoms with Gasteiger partial charge in [0.2, 0.25) is 15.9 Å². The Hall–Kier alpha value is -2.00. The van der Waals surface area contributed by atoms with Gasteiger partial charge in [0.1, 0.15) is 18.4 Å². The van der Waals surface area contributed by atoms with Gasteiger partial charge in [-0.05, 0) is 43.0 Å². The summed E-state index contributed by atoms with van der Waals surface area (Å²) in [7, 11) is -4.12. The molecule has 0 aliphatic carbocycles. The minimum Gasteiger partial charge on any atom is -0.491 e. The van der Waals surface area contributed by atoms with Gasteiger partial charge in [-0.1, -0.05) is 48.3 Å². The second-order valence-electron chi connectivity index (χ2n) is 7.61. The van der Waals surface area contributed by atoms with Gasteiger partial charge in [0.25, 0.3) is 0 Å². The fraction of sp³-hybridized carbons (Fsp3) is 0.381. The maximum absolute atomic E-state index is 13.2. The average molecular weight is 486 g/mol. The van der Waals surface area contributed by atoms with Gasteiger partial charge >= 0.3 is 0 Å². The van der Waals surface area contributed by atoms with Crippen LogP contribution in [0.4, 0.5) is 5.69 Å². The van der Waals surface area contributed by atoms with Crippen LogP contribution in [0, 0.1) is 5.92 Å². The summed E-state index contributed by atoms with van der Waals surface area (Å²) < 4.78 is 34.2. The number of nitrogens with two attached hydrogens (primary N) is 1. The van der Waals surface area contributed by atoms with E-state index in [2.05, 4.69) is 11.6 Å². The van der Waals surface area contributed by atoms with Crippen LogP contribution < -0.4 is 15.2 Å². The lowest BCUT2D eigenvalue weighted by molar-refractivity contribution is -0.135. The molecule has 2 aromatic carbocycles. The number of piperidine rings is 1. The monoisotopic (exact) mass is 485 g/mol. The van der Waals surface area contributed by atoms with Gasteiger partial charge in [-0.15, -0.1) is 0 Å². The number of likely N-dealkylation sites (tertiary alicyclic amines) is 1. The quantitative estimate of drug-likeness (QED) is 0.583. The highest BCUT2D eigenvalue weighted by Gasteiger charge is 2.32. The highest BCUT2D eigenvalue weighted by atomic mass is 35.5. The number of hydrogen-bond acceptors (Lipinski definition) is 5. The summed E-state index contributed by atoms with van der Waals surface area (Å²) >= 11 is 12.0. The van der Waals surface area contributed by atoms with Crippen LogP contribution in [-0.4, -0.2) is 45.0 Å². The zero-order valence-electron chi connectivity index (χ0n) is 17.1. The normalized spacial score (nSPS) is 16.2. The molecule has 1 saturated heterocycles. The van der Waals surface area contributed by atoms with Crippen LogP contribution in [-0.2, 0) is 14.8 Å². The van der Waals surface area contributed by atoms with Gasteiger partial charge in [-0.25, -0.2) is 8.42 Å². The third-order valence-corrected chi connectivity index (χ3v) is 7.29. The van der Waals surface area contributed by atoms with E-state index in [1.54, 1.807) is 29.2 Å². The molecular formula is C21H25Cl2N3O4S. The van der Waals surface area contributed by atoms with Crippen molar-refractivity contribution >= 4 is 44.8 Å². The van der Waals surface area contributed by atoms with Gasteiger partial charge in [0, 0.05) is 13.1 Å². The Labute approximate surface area is 192 Å². The molecule has 168 valence electrons. The number of amides is 1. The number of nitrogens with zero attached hydrogens (tertiary/aromatic N) is 1. The third-order valence-electron chi connectivity index (χ3n) is 5.21. The number of benzene rings is 2. The molecule has 0 saturated carbocycles. The second-order valence-corrected chi connectivity index (χ2v) is 10.1. The maximum atomic E-state index is 13.2. The number of rotatable bonds is 7. The minimum atomic E-state index is -4.12. The van der Waals surface area contributed by atoms with E-state index in [4.69, 9.17) is 33.7 Å². The molecule has 1 unspecified atom stereocenters. The molecule has 2 aromatic rings. The van der Waals surface area contributed by atoms with E-state index in [-0.39, 0.29) is 33.1 Å². The van der Waals surface area contributed by atoms with Crippen LogP contribution in [0.3, 0.4) is 0 Å². The molecule has 1 atom stereocenters. The van der Waals surface area contributed by atoms with Gasteiger partial charge < -0.3 is 15.4 Å². The number of halogens is 2. The highest BCUT2D eigenvalue weighted by Crippen LogP contribution is 2.30. The fourth-order valence-corrected chi connectivity index (χ4v) is 5.11. The Kier molecular flexibility index (Phi) is 7.69. The van der Waals surface area contributed by atoms with Gasteiger partial charge in [0.15, 0.2) is 0 Å². The number of para-hydroxylation sites is 1. The predicted octanol–water partition coefficient (Wildman–Crippen LogP) is 3.56. The van der Waals surface area contributed by atoms with Crippen molar-refractivity contribution in [3.05, 3.63) is 52.5 Å². The van der Waals surface area contributed by atoms with E-state index in [1.165, 1.54) is 12.1 Å². The van der Waals surface area contributed by atoms with Crippen LogP contribution in [0.1, 0.15) is 19.8 Å². The Morgan fingerprint density at radius 3 is 2.35 bits per heavy atom. The Balaban J connectivity index is 1.83. The number of nitrogen functional groups attached to an aromatic ring is 1. The summed E-state index contributed by atoms with van der Waals surface area (Å²) in [5.74, 6) is 0.725. The Morgan fingerprint density at radius 2 is 1.77 bits per heavy atom. The lowest BCUT2D eigenvalue weighted by atomic mass is 9.99. The lowest BCUT2D eigenvalue weighted by Gasteiger charge is -2.33. The van der Waals surface area contributed by atoms with Crippen molar-refractivity contribution in [3.63, 3.8) is 0 Å². The number of ether oxygens (including phenoxy) is 1. The first-order valence-electron chi connectivity index (χ1n) is 9.91. The van der Waals surface area contributed by atoms with Gasteiger partial charge in [-0.3, -0.25) is 4.79 Å². The van der Waals surface area contributed by atoms with E-state index in [1.807, 2.05) is 6.07 Å². The molecule has 1 aliphatic heterocycles. The molecule has 0 bridgehead atoms. The van der Waals surface area contributed by atoms with Crippen LogP contribution >= 0.6 is 23.2 Å². The molecule has 1 aliphatic rings. The first-order chi connectivity index (χ1) is 14.7. The molecule has 1 amide bonds. The number of anilines is 1. The highest BCUT2D eigenvalue weighted by molar-refractivity contribution is 7.89. The molecule has 0 spiro atoms. The van der Waals surface area contributed by atoms with Crippen molar-refractivity contribution in [2.75, 3.05) is 25.4 Å². The predicted molar refractivity (Wildman–Crippen MR) is 122 cm³/mol. The summed E-state index contributed by atoms with van der Waals surface area (Å²) in [6.45, 7) is 3.12. The van der Waals surface area contributed by atoms with E-state index >= 15 is 0 Å². The van der Waals surface area contributed by atoms with E-state index in [9.17, 15) is 13.2 Å². The van der Waals surface area contributed by atoms with Gasteiger partial charge in [0.05, 0.1) is 20.6 Å². The van der Waals surface area contributed by atoms with Crippen molar-refractivity contribution in [1.29, 1.82) is 0 Å². The van der Waals surface area contributed by atoms with Crippen LogP contribution in [0.15, 0.2) is 47.4 Å². The van der Waals surface area contributed by atoms with Crippen LogP contribution in [0.25, 0.3) is 0 Å². The van der Waals surface area contributed by atoms with E-state index < -0.39 is 16.1 Å². The Morgan fingerprint density at radius 1 is 1.19 bits per heavy atom. The number of sulfonamides is 1. The zero-order valence-corrected chi connectivity index (χ0v) is 19.4. The van der Waals surface area contributed by atoms with Crippen molar-refractivity contribution in [2.24, 2.45) is 5.92 Å². The molecule has 3 N–H and O–H groups in total. The number of hydrogen-bond donors (Lipinski definition) is 2. The summed E-state index contributed by atoms with van der Waals surface area (Å²) in [6.07, 6.45) is 1.74. The first kappa shape index (κ1) is 23.7.